The molecule has 3 nitrogen and oxygen atoms in total. The van der Waals surface area contributed by atoms with E-state index in [-0.39, 0.29) is 17.3 Å². The molecule has 0 aliphatic heterocycles. The molecule has 0 unspecified atom stereocenters. The summed E-state index contributed by atoms with van der Waals surface area (Å²) < 4.78 is 18.2. The van der Waals surface area contributed by atoms with Gasteiger partial charge in [0.15, 0.2) is 0 Å². The van der Waals surface area contributed by atoms with Gasteiger partial charge in [-0.15, -0.1) is 0 Å². The Morgan fingerprint density at radius 2 is 2.00 bits per heavy atom. The van der Waals surface area contributed by atoms with Crippen molar-refractivity contribution in [2.45, 2.75) is 31.6 Å². The predicted molar refractivity (Wildman–Crippen MR) is 64.0 cm³/mol. The Morgan fingerprint density at radius 3 is 2.56 bits per heavy atom. The van der Waals surface area contributed by atoms with Crippen molar-refractivity contribution in [1.29, 1.82) is 0 Å². The van der Waals surface area contributed by atoms with Gasteiger partial charge in [-0.25, -0.2) is 9.18 Å². The maximum Gasteiger partial charge on any atom is 0.340 e. The smallest absolute Gasteiger partial charge is 0.340 e. The zero-order chi connectivity index (χ0) is 13.1. The number of ketones is 1. The highest BCUT2D eigenvalue weighted by molar-refractivity contribution is 5.89. The number of esters is 1. The van der Waals surface area contributed by atoms with Crippen LogP contribution in [-0.2, 0) is 9.53 Å². The summed E-state index contributed by atoms with van der Waals surface area (Å²) in [6, 6.07) is 4.58. The molecule has 1 fully saturated rings. The minimum Gasteiger partial charge on any atom is -0.465 e. The van der Waals surface area contributed by atoms with Crippen LogP contribution in [0.25, 0.3) is 0 Å². The molecule has 1 aliphatic carbocycles. The van der Waals surface area contributed by atoms with E-state index in [2.05, 4.69) is 4.74 Å². The van der Waals surface area contributed by atoms with E-state index < -0.39 is 11.8 Å². The maximum atomic E-state index is 13.8. The number of Topliss-reactive ketones (excluding diaryl/α,β-unsaturated/α-hetero) is 1. The molecule has 0 radical (unpaired) electrons. The molecule has 0 heterocycles. The lowest BCUT2D eigenvalue weighted by molar-refractivity contribution is -0.120. The van der Waals surface area contributed by atoms with E-state index in [0.717, 1.165) is 18.4 Å². The second kappa shape index (κ2) is 5.29. The minimum atomic E-state index is -0.669. The molecule has 2 rings (SSSR count). The van der Waals surface area contributed by atoms with E-state index in [0.29, 0.717) is 12.8 Å². The van der Waals surface area contributed by atoms with Crippen molar-refractivity contribution >= 4 is 11.8 Å². The van der Waals surface area contributed by atoms with Crippen molar-refractivity contribution < 1.29 is 18.7 Å². The van der Waals surface area contributed by atoms with Crippen LogP contribution in [0.4, 0.5) is 4.39 Å². The van der Waals surface area contributed by atoms with Crippen molar-refractivity contribution in [3.8, 4) is 0 Å². The minimum absolute atomic E-state index is 0.0480. The molecule has 0 saturated heterocycles. The first-order chi connectivity index (χ1) is 8.61. The third kappa shape index (κ3) is 2.58. The summed E-state index contributed by atoms with van der Waals surface area (Å²) in [6.45, 7) is 0. The Balaban J connectivity index is 2.18. The molecule has 1 aliphatic rings. The second-order valence-electron chi connectivity index (χ2n) is 4.54. The molecule has 1 saturated carbocycles. The quantitative estimate of drug-likeness (QED) is 0.758. The van der Waals surface area contributed by atoms with Gasteiger partial charge in [-0.2, -0.15) is 0 Å². The average Bonchev–Trinajstić information content (AvgIpc) is 2.38. The molecule has 1 aromatic carbocycles. The zero-order valence-corrected chi connectivity index (χ0v) is 10.2. The standard InChI is InChI=1S/C14H15FO3/c1-18-14(17)12-7-4-10(8-13(12)15)9-2-5-11(16)6-3-9/h4,7-9H,2-3,5-6H2,1H3. The number of rotatable bonds is 2. The summed E-state index contributed by atoms with van der Waals surface area (Å²) in [5.41, 5.74) is 0.806. The molecule has 0 N–H and O–H groups in total. The van der Waals surface area contributed by atoms with E-state index in [4.69, 9.17) is 0 Å². The van der Waals surface area contributed by atoms with Crippen LogP contribution in [0, 0.1) is 5.82 Å². The summed E-state index contributed by atoms with van der Waals surface area (Å²) in [6.07, 6.45) is 2.64. The first-order valence-electron chi connectivity index (χ1n) is 6.01. The van der Waals surface area contributed by atoms with Crippen molar-refractivity contribution in [3.63, 3.8) is 0 Å². The van der Waals surface area contributed by atoms with Crippen LogP contribution >= 0.6 is 0 Å². The number of hydrogen-bond acceptors (Lipinski definition) is 3. The first kappa shape index (κ1) is 12.7. The average molecular weight is 250 g/mol. The van der Waals surface area contributed by atoms with E-state index >= 15 is 0 Å². The Morgan fingerprint density at radius 1 is 1.33 bits per heavy atom. The molecule has 18 heavy (non-hydrogen) atoms. The van der Waals surface area contributed by atoms with E-state index in [1.807, 2.05) is 0 Å². The largest absolute Gasteiger partial charge is 0.465 e. The third-order valence-corrected chi connectivity index (χ3v) is 3.41. The molecular formula is C14H15FO3. The van der Waals surface area contributed by atoms with Crippen LogP contribution < -0.4 is 0 Å². The summed E-state index contributed by atoms with van der Waals surface area (Å²) in [7, 11) is 1.22. The molecule has 0 amide bonds. The lowest BCUT2D eigenvalue weighted by Gasteiger charge is -2.21. The summed E-state index contributed by atoms with van der Waals surface area (Å²) in [5.74, 6) is -0.740. The van der Waals surface area contributed by atoms with Gasteiger partial charge in [-0.1, -0.05) is 6.07 Å². The van der Waals surface area contributed by atoms with Gasteiger partial charge >= 0.3 is 5.97 Å². The fraction of sp³-hybridized carbons (Fsp3) is 0.429. The van der Waals surface area contributed by atoms with Crippen LogP contribution in [0.3, 0.4) is 0 Å². The van der Waals surface area contributed by atoms with Crippen LogP contribution in [-0.4, -0.2) is 18.9 Å². The maximum absolute atomic E-state index is 13.8. The summed E-state index contributed by atoms with van der Waals surface area (Å²) in [5, 5.41) is 0. The summed E-state index contributed by atoms with van der Waals surface area (Å²) >= 11 is 0. The second-order valence-corrected chi connectivity index (χ2v) is 4.54. The van der Waals surface area contributed by atoms with E-state index in [9.17, 15) is 14.0 Å². The third-order valence-electron chi connectivity index (χ3n) is 3.41. The summed E-state index contributed by atoms with van der Waals surface area (Å²) in [4.78, 5) is 22.4. The van der Waals surface area contributed by atoms with Crippen molar-refractivity contribution in [1.82, 2.24) is 0 Å². The highest BCUT2D eigenvalue weighted by atomic mass is 19.1. The van der Waals surface area contributed by atoms with Crippen molar-refractivity contribution in [2.24, 2.45) is 0 Å². The van der Waals surface area contributed by atoms with E-state index in [1.165, 1.54) is 19.2 Å². The molecule has 0 aromatic heterocycles. The van der Waals surface area contributed by atoms with Gasteiger partial charge in [0.2, 0.25) is 0 Å². The number of benzene rings is 1. The highest BCUT2D eigenvalue weighted by Crippen LogP contribution is 2.31. The molecule has 1 aromatic rings. The molecule has 0 spiro atoms. The lowest BCUT2D eigenvalue weighted by Crippen LogP contribution is -2.13. The number of ether oxygens (including phenoxy) is 1. The van der Waals surface area contributed by atoms with Gasteiger partial charge in [0.05, 0.1) is 12.7 Å². The monoisotopic (exact) mass is 250 g/mol. The normalized spacial score (nSPS) is 16.7. The topological polar surface area (TPSA) is 43.4 Å². The Kier molecular flexibility index (Phi) is 3.75. The van der Waals surface area contributed by atoms with Gasteiger partial charge in [0, 0.05) is 12.8 Å². The van der Waals surface area contributed by atoms with Crippen LogP contribution in [0.15, 0.2) is 18.2 Å². The molecular weight excluding hydrogens is 235 g/mol. The van der Waals surface area contributed by atoms with Gasteiger partial charge < -0.3 is 4.74 Å². The first-order valence-corrected chi connectivity index (χ1v) is 6.01. The molecule has 0 bridgehead atoms. The number of methoxy groups -OCH3 is 1. The molecule has 0 atom stereocenters. The lowest BCUT2D eigenvalue weighted by atomic mass is 9.83. The predicted octanol–water partition coefficient (Wildman–Crippen LogP) is 2.84. The van der Waals surface area contributed by atoms with Crippen LogP contribution in [0.5, 0.6) is 0 Å². The molecule has 96 valence electrons. The Bertz CT molecular complexity index is 472. The number of halogens is 1. The van der Waals surface area contributed by atoms with Gasteiger partial charge in [0.1, 0.15) is 11.6 Å². The van der Waals surface area contributed by atoms with Crippen molar-refractivity contribution in [3.05, 3.63) is 35.1 Å². The number of carbonyl (C=O) groups excluding carboxylic acids is 2. The van der Waals surface area contributed by atoms with Gasteiger partial charge in [-0.3, -0.25) is 4.79 Å². The van der Waals surface area contributed by atoms with Gasteiger partial charge in [-0.05, 0) is 36.5 Å². The molecule has 4 heteroatoms. The fourth-order valence-corrected chi connectivity index (χ4v) is 2.33. The SMILES string of the molecule is COC(=O)c1ccc(C2CCC(=O)CC2)cc1F. The van der Waals surface area contributed by atoms with Gasteiger partial charge in [0.25, 0.3) is 0 Å². The van der Waals surface area contributed by atoms with Crippen molar-refractivity contribution in [2.75, 3.05) is 7.11 Å². The van der Waals surface area contributed by atoms with Crippen LogP contribution in [0.1, 0.15) is 47.5 Å². The Labute approximate surface area is 105 Å². The number of carbonyl (C=O) groups is 2. The highest BCUT2D eigenvalue weighted by Gasteiger charge is 2.22. The number of hydrogen-bond donors (Lipinski definition) is 0. The Hall–Kier alpha value is -1.71. The zero-order valence-electron chi connectivity index (χ0n) is 10.2. The van der Waals surface area contributed by atoms with E-state index in [1.54, 1.807) is 6.07 Å². The van der Waals surface area contributed by atoms with Crippen LogP contribution in [0.2, 0.25) is 0 Å². The fourth-order valence-electron chi connectivity index (χ4n) is 2.33.